The highest BCUT2D eigenvalue weighted by atomic mass is 16.5. The number of H-pyrrole nitrogens is 1. The molecular formula is C17H24N4O2. The van der Waals surface area contributed by atoms with Gasteiger partial charge in [0, 0.05) is 31.3 Å². The SMILES string of the molecule is CCCc1cc(C(=O)N2CCCC(Cc3[nH]ncc3C)C2)no1. The maximum Gasteiger partial charge on any atom is 0.276 e. The zero-order valence-electron chi connectivity index (χ0n) is 13.8. The summed E-state index contributed by atoms with van der Waals surface area (Å²) in [5.41, 5.74) is 2.80. The van der Waals surface area contributed by atoms with Gasteiger partial charge in [-0.15, -0.1) is 0 Å². The summed E-state index contributed by atoms with van der Waals surface area (Å²) in [6, 6.07) is 1.79. The van der Waals surface area contributed by atoms with Crippen LogP contribution in [0, 0.1) is 12.8 Å². The van der Waals surface area contributed by atoms with Crippen molar-refractivity contribution in [2.75, 3.05) is 13.1 Å². The second kappa shape index (κ2) is 6.98. The molecule has 3 rings (SSSR count). The van der Waals surface area contributed by atoms with Gasteiger partial charge in [-0.05, 0) is 44.1 Å². The molecule has 1 aliphatic heterocycles. The van der Waals surface area contributed by atoms with Crippen molar-refractivity contribution in [2.45, 2.75) is 46.0 Å². The lowest BCUT2D eigenvalue weighted by molar-refractivity contribution is 0.0662. The molecule has 6 nitrogen and oxygen atoms in total. The van der Waals surface area contributed by atoms with Gasteiger partial charge in [0.05, 0.1) is 6.20 Å². The Morgan fingerprint density at radius 3 is 3.13 bits per heavy atom. The lowest BCUT2D eigenvalue weighted by Gasteiger charge is -2.32. The second-order valence-corrected chi connectivity index (χ2v) is 6.42. The highest BCUT2D eigenvalue weighted by Crippen LogP contribution is 2.22. The minimum atomic E-state index is -0.0119. The molecule has 1 aliphatic rings. The van der Waals surface area contributed by atoms with E-state index in [0.717, 1.165) is 51.0 Å². The molecule has 6 heteroatoms. The summed E-state index contributed by atoms with van der Waals surface area (Å²) in [7, 11) is 0. The molecule has 0 aromatic carbocycles. The maximum absolute atomic E-state index is 12.6. The summed E-state index contributed by atoms with van der Waals surface area (Å²) in [6.45, 7) is 5.71. The van der Waals surface area contributed by atoms with Crippen LogP contribution in [0.1, 0.15) is 53.7 Å². The first-order chi connectivity index (χ1) is 11.2. The van der Waals surface area contributed by atoms with Crippen molar-refractivity contribution in [2.24, 2.45) is 5.92 Å². The first kappa shape index (κ1) is 15.8. The minimum Gasteiger partial charge on any atom is -0.361 e. The van der Waals surface area contributed by atoms with E-state index in [0.29, 0.717) is 11.6 Å². The molecule has 0 aliphatic carbocycles. The fourth-order valence-electron chi connectivity index (χ4n) is 3.22. The number of hydrogen-bond donors (Lipinski definition) is 1. The Hall–Kier alpha value is -2.11. The highest BCUT2D eigenvalue weighted by Gasteiger charge is 2.27. The Kier molecular flexibility index (Phi) is 4.79. The van der Waals surface area contributed by atoms with Crippen LogP contribution in [0.4, 0.5) is 0 Å². The molecule has 0 saturated carbocycles. The van der Waals surface area contributed by atoms with E-state index in [1.54, 1.807) is 6.07 Å². The molecule has 3 heterocycles. The predicted octanol–water partition coefficient (Wildman–Crippen LogP) is 2.75. The summed E-state index contributed by atoms with van der Waals surface area (Å²) in [5.74, 6) is 1.24. The van der Waals surface area contributed by atoms with Gasteiger partial charge in [-0.1, -0.05) is 12.1 Å². The van der Waals surface area contributed by atoms with Crippen molar-refractivity contribution in [3.8, 4) is 0 Å². The quantitative estimate of drug-likeness (QED) is 0.920. The highest BCUT2D eigenvalue weighted by molar-refractivity contribution is 5.92. The summed E-state index contributed by atoms with van der Waals surface area (Å²) in [6.07, 6.45) is 6.77. The van der Waals surface area contributed by atoms with Crippen molar-refractivity contribution in [1.82, 2.24) is 20.3 Å². The molecule has 2 aromatic heterocycles. The molecule has 0 radical (unpaired) electrons. The number of rotatable bonds is 5. The Bertz CT molecular complexity index is 661. The van der Waals surface area contributed by atoms with Crippen molar-refractivity contribution in [3.63, 3.8) is 0 Å². The third-order valence-electron chi connectivity index (χ3n) is 4.51. The second-order valence-electron chi connectivity index (χ2n) is 6.42. The molecule has 2 aromatic rings. The van der Waals surface area contributed by atoms with Crippen LogP contribution in [0.15, 0.2) is 16.8 Å². The smallest absolute Gasteiger partial charge is 0.276 e. The van der Waals surface area contributed by atoms with Crippen LogP contribution in [-0.2, 0) is 12.8 Å². The number of hydrogen-bond acceptors (Lipinski definition) is 4. The molecule has 0 spiro atoms. The van der Waals surface area contributed by atoms with Crippen LogP contribution in [0.3, 0.4) is 0 Å². The van der Waals surface area contributed by atoms with Crippen molar-refractivity contribution >= 4 is 5.91 Å². The number of nitrogens with zero attached hydrogens (tertiary/aromatic N) is 3. The van der Waals surface area contributed by atoms with Gasteiger partial charge in [-0.3, -0.25) is 9.89 Å². The molecule has 1 atom stereocenters. The topological polar surface area (TPSA) is 75.0 Å². The number of likely N-dealkylation sites (tertiary alicyclic amines) is 1. The lowest BCUT2D eigenvalue weighted by Crippen LogP contribution is -2.40. The zero-order chi connectivity index (χ0) is 16.2. The molecule has 1 fully saturated rings. The van der Waals surface area contributed by atoms with Crippen LogP contribution < -0.4 is 0 Å². The van der Waals surface area contributed by atoms with Gasteiger partial charge < -0.3 is 9.42 Å². The lowest BCUT2D eigenvalue weighted by atomic mass is 9.92. The van der Waals surface area contributed by atoms with Crippen LogP contribution in [0.2, 0.25) is 0 Å². The average molecular weight is 316 g/mol. The Balaban J connectivity index is 1.63. The average Bonchev–Trinajstić information content (AvgIpc) is 3.17. The Morgan fingerprint density at radius 1 is 1.52 bits per heavy atom. The van der Waals surface area contributed by atoms with Gasteiger partial charge >= 0.3 is 0 Å². The van der Waals surface area contributed by atoms with Crippen LogP contribution >= 0.6 is 0 Å². The van der Waals surface area contributed by atoms with Gasteiger partial charge in [0.1, 0.15) is 5.76 Å². The van der Waals surface area contributed by atoms with Crippen molar-refractivity contribution in [3.05, 3.63) is 35.0 Å². The van der Waals surface area contributed by atoms with Gasteiger partial charge in [0.2, 0.25) is 0 Å². The molecule has 0 bridgehead atoms. The van der Waals surface area contributed by atoms with Crippen LogP contribution in [0.25, 0.3) is 0 Å². The molecule has 23 heavy (non-hydrogen) atoms. The van der Waals surface area contributed by atoms with E-state index in [1.165, 1.54) is 11.3 Å². The van der Waals surface area contributed by atoms with E-state index >= 15 is 0 Å². The zero-order valence-corrected chi connectivity index (χ0v) is 13.8. The molecular weight excluding hydrogens is 292 g/mol. The largest absolute Gasteiger partial charge is 0.361 e. The number of amides is 1. The summed E-state index contributed by atoms with van der Waals surface area (Å²) in [5, 5.41) is 11.1. The number of nitrogens with one attached hydrogen (secondary N) is 1. The number of carbonyl (C=O) groups excluding carboxylic acids is 1. The predicted molar refractivity (Wildman–Crippen MR) is 86.2 cm³/mol. The molecule has 124 valence electrons. The van der Waals surface area contributed by atoms with Gasteiger partial charge in [0.15, 0.2) is 5.69 Å². The van der Waals surface area contributed by atoms with Crippen molar-refractivity contribution in [1.29, 1.82) is 0 Å². The normalized spacial score (nSPS) is 18.3. The molecule has 1 unspecified atom stereocenters. The van der Waals surface area contributed by atoms with E-state index in [2.05, 4.69) is 29.2 Å². The summed E-state index contributed by atoms with van der Waals surface area (Å²) >= 11 is 0. The third kappa shape index (κ3) is 3.63. The van der Waals surface area contributed by atoms with E-state index in [9.17, 15) is 4.79 Å². The van der Waals surface area contributed by atoms with E-state index in [1.807, 2.05) is 11.1 Å². The number of aromatic nitrogens is 3. The monoisotopic (exact) mass is 316 g/mol. The molecule has 1 saturated heterocycles. The number of piperidine rings is 1. The minimum absolute atomic E-state index is 0.0119. The first-order valence-corrected chi connectivity index (χ1v) is 8.41. The van der Waals surface area contributed by atoms with Crippen LogP contribution in [-0.4, -0.2) is 39.3 Å². The molecule has 1 N–H and O–H groups in total. The Labute approximate surface area is 136 Å². The fraction of sp³-hybridized carbons (Fsp3) is 0.588. The van der Waals surface area contributed by atoms with Gasteiger partial charge in [-0.25, -0.2) is 0 Å². The first-order valence-electron chi connectivity index (χ1n) is 8.41. The number of aromatic amines is 1. The Morgan fingerprint density at radius 2 is 2.39 bits per heavy atom. The standard InChI is InChI=1S/C17H24N4O2/c1-3-5-14-9-16(20-23-14)17(22)21-7-4-6-13(11-21)8-15-12(2)10-18-19-15/h9-10,13H,3-8,11H2,1-2H3,(H,18,19). The van der Waals surface area contributed by atoms with Gasteiger partial charge in [-0.2, -0.15) is 5.10 Å². The maximum atomic E-state index is 12.6. The van der Waals surface area contributed by atoms with Gasteiger partial charge in [0.25, 0.3) is 5.91 Å². The summed E-state index contributed by atoms with van der Waals surface area (Å²) in [4.78, 5) is 14.5. The van der Waals surface area contributed by atoms with E-state index in [4.69, 9.17) is 4.52 Å². The van der Waals surface area contributed by atoms with Crippen molar-refractivity contribution < 1.29 is 9.32 Å². The van der Waals surface area contributed by atoms with Crippen LogP contribution in [0.5, 0.6) is 0 Å². The summed E-state index contributed by atoms with van der Waals surface area (Å²) < 4.78 is 5.23. The molecule has 1 amide bonds. The van der Waals surface area contributed by atoms with E-state index < -0.39 is 0 Å². The fourth-order valence-corrected chi connectivity index (χ4v) is 3.22. The number of carbonyl (C=O) groups is 1. The third-order valence-corrected chi connectivity index (χ3v) is 4.51. The number of aryl methyl sites for hydroxylation is 2. The van der Waals surface area contributed by atoms with E-state index in [-0.39, 0.29) is 5.91 Å².